The third-order valence-electron chi connectivity index (χ3n) is 2.79. The van der Waals surface area contributed by atoms with E-state index in [9.17, 15) is 4.79 Å². The van der Waals surface area contributed by atoms with E-state index in [-0.39, 0.29) is 11.9 Å². The molecule has 1 aromatic carbocycles. The Hall–Kier alpha value is -1.77. The molecule has 0 saturated carbocycles. The first-order valence-electron chi connectivity index (χ1n) is 5.60. The molecule has 1 unspecified atom stereocenters. The Morgan fingerprint density at radius 1 is 1.47 bits per heavy atom. The Morgan fingerprint density at radius 2 is 2.06 bits per heavy atom. The summed E-state index contributed by atoms with van der Waals surface area (Å²) in [5.41, 5.74) is 2.07. The number of hydrogen-bond acceptors (Lipinski definition) is 3. The Morgan fingerprint density at radius 3 is 2.53 bits per heavy atom. The molecule has 1 rings (SSSR count). The summed E-state index contributed by atoms with van der Waals surface area (Å²) in [6.07, 6.45) is 1.85. The minimum atomic E-state index is -0.223. The summed E-state index contributed by atoms with van der Waals surface area (Å²) in [7, 11) is 3.41. The lowest BCUT2D eigenvalue weighted by molar-refractivity contribution is -0.141. The third-order valence-corrected chi connectivity index (χ3v) is 2.79. The lowest BCUT2D eigenvalue weighted by Crippen LogP contribution is -2.16. The van der Waals surface area contributed by atoms with Crippen LogP contribution in [0.5, 0.6) is 0 Å². The molecule has 0 saturated heterocycles. The number of nitrogens with zero attached hydrogens (tertiary/aromatic N) is 1. The number of anilines is 1. The van der Waals surface area contributed by atoms with Gasteiger partial charge in [-0.15, -0.1) is 6.58 Å². The van der Waals surface area contributed by atoms with Crippen molar-refractivity contribution in [3.05, 3.63) is 42.5 Å². The van der Waals surface area contributed by atoms with Crippen molar-refractivity contribution in [1.29, 1.82) is 0 Å². The SMILES string of the molecule is C=CCN(C)c1ccc(C(C)C(=O)OC)cc1. The summed E-state index contributed by atoms with van der Waals surface area (Å²) >= 11 is 0. The van der Waals surface area contributed by atoms with Gasteiger partial charge in [0.1, 0.15) is 0 Å². The molecule has 0 N–H and O–H groups in total. The highest BCUT2D eigenvalue weighted by Gasteiger charge is 2.15. The van der Waals surface area contributed by atoms with Crippen molar-refractivity contribution in [2.24, 2.45) is 0 Å². The highest BCUT2D eigenvalue weighted by molar-refractivity contribution is 5.77. The number of rotatable bonds is 5. The van der Waals surface area contributed by atoms with Crippen LogP contribution in [0.2, 0.25) is 0 Å². The van der Waals surface area contributed by atoms with E-state index in [1.165, 1.54) is 7.11 Å². The highest BCUT2D eigenvalue weighted by atomic mass is 16.5. The van der Waals surface area contributed by atoms with E-state index in [0.717, 1.165) is 17.8 Å². The maximum Gasteiger partial charge on any atom is 0.312 e. The zero-order chi connectivity index (χ0) is 12.8. The van der Waals surface area contributed by atoms with Gasteiger partial charge in [0.15, 0.2) is 0 Å². The van der Waals surface area contributed by atoms with Crippen molar-refractivity contribution >= 4 is 11.7 Å². The Balaban J connectivity index is 2.80. The molecule has 0 heterocycles. The van der Waals surface area contributed by atoms with E-state index < -0.39 is 0 Å². The molecule has 0 aliphatic rings. The summed E-state index contributed by atoms with van der Waals surface area (Å²) in [5, 5.41) is 0. The second kappa shape index (κ2) is 6.09. The van der Waals surface area contributed by atoms with Gasteiger partial charge in [-0.1, -0.05) is 18.2 Å². The van der Waals surface area contributed by atoms with Gasteiger partial charge in [0.05, 0.1) is 13.0 Å². The monoisotopic (exact) mass is 233 g/mol. The van der Waals surface area contributed by atoms with Crippen LogP contribution < -0.4 is 4.90 Å². The second-order valence-corrected chi connectivity index (χ2v) is 4.01. The maximum absolute atomic E-state index is 11.4. The molecule has 92 valence electrons. The fraction of sp³-hybridized carbons (Fsp3) is 0.357. The van der Waals surface area contributed by atoms with Gasteiger partial charge in [-0.25, -0.2) is 0 Å². The second-order valence-electron chi connectivity index (χ2n) is 4.01. The van der Waals surface area contributed by atoms with E-state index >= 15 is 0 Å². The third kappa shape index (κ3) is 3.34. The molecule has 1 atom stereocenters. The molecular weight excluding hydrogens is 214 g/mol. The topological polar surface area (TPSA) is 29.5 Å². The number of benzene rings is 1. The van der Waals surface area contributed by atoms with E-state index in [2.05, 4.69) is 11.5 Å². The zero-order valence-corrected chi connectivity index (χ0v) is 10.6. The predicted octanol–water partition coefficient (Wildman–Crippen LogP) is 2.59. The van der Waals surface area contributed by atoms with E-state index in [0.29, 0.717) is 0 Å². The molecule has 0 amide bonds. The van der Waals surface area contributed by atoms with Crippen LogP contribution in [-0.4, -0.2) is 26.7 Å². The first kappa shape index (κ1) is 13.3. The van der Waals surface area contributed by atoms with Gasteiger partial charge in [0.2, 0.25) is 0 Å². The molecule has 0 radical (unpaired) electrons. The van der Waals surface area contributed by atoms with Gasteiger partial charge >= 0.3 is 5.97 Å². The first-order chi connectivity index (χ1) is 8.10. The number of carbonyl (C=O) groups is 1. The standard InChI is InChI=1S/C14H19NO2/c1-5-10-15(3)13-8-6-12(7-9-13)11(2)14(16)17-4/h5-9,11H,1,10H2,2-4H3. The van der Waals surface area contributed by atoms with Crippen LogP contribution in [0.1, 0.15) is 18.4 Å². The Bertz CT molecular complexity index is 384. The zero-order valence-electron chi connectivity index (χ0n) is 10.6. The van der Waals surface area contributed by atoms with Crippen LogP contribution in [-0.2, 0) is 9.53 Å². The van der Waals surface area contributed by atoms with Crippen LogP contribution in [0.25, 0.3) is 0 Å². The normalized spacial score (nSPS) is 11.7. The van der Waals surface area contributed by atoms with E-state index in [1.54, 1.807) is 0 Å². The quantitative estimate of drug-likeness (QED) is 0.578. The van der Waals surface area contributed by atoms with Crippen molar-refractivity contribution in [3.8, 4) is 0 Å². The minimum absolute atomic E-state index is 0.211. The number of methoxy groups -OCH3 is 1. The fourth-order valence-electron chi connectivity index (χ4n) is 1.63. The van der Waals surface area contributed by atoms with Crippen molar-refractivity contribution in [1.82, 2.24) is 0 Å². The molecule has 3 nitrogen and oxygen atoms in total. The average Bonchev–Trinajstić information content (AvgIpc) is 2.37. The molecular formula is C14H19NO2. The molecule has 1 aromatic rings. The largest absolute Gasteiger partial charge is 0.469 e. The minimum Gasteiger partial charge on any atom is -0.469 e. The molecule has 0 fully saturated rings. The van der Waals surface area contributed by atoms with Crippen LogP contribution in [0.3, 0.4) is 0 Å². The summed E-state index contributed by atoms with van der Waals surface area (Å²) in [4.78, 5) is 13.5. The summed E-state index contributed by atoms with van der Waals surface area (Å²) in [6, 6.07) is 7.91. The van der Waals surface area contributed by atoms with Gasteiger partial charge in [0.25, 0.3) is 0 Å². The number of esters is 1. The molecule has 0 aromatic heterocycles. The van der Waals surface area contributed by atoms with Crippen LogP contribution >= 0.6 is 0 Å². The van der Waals surface area contributed by atoms with Crippen LogP contribution in [0.4, 0.5) is 5.69 Å². The van der Waals surface area contributed by atoms with Gasteiger partial charge in [0, 0.05) is 19.3 Å². The summed E-state index contributed by atoms with van der Waals surface area (Å²) < 4.78 is 4.72. The van der Waals surface area contributed by atoms with E-state index in [4.69, 9.17) is 4.74 Å². The van der Waals surface area contributed by atoms with E-state index in [1.807, 2.05) is 44.3 Å². The lowest BCUT2D eigenvalue weighted by Gasteiger charge is -2.18. The van der Waals surface area contributed by atoms with Crippen molar-refractivity contribution in [2.75, 3.05) is 25.6 Å². The summed E-state index contributed by atoms with van der Waals surface area (Å²) in [5.74, 6) is -0.434. The van der Waals surface area contributed by atoms with Gasteiger partial charge in [-0.05, 0) is 24.6 Å². The molecule has 3 heteroatoms. The molecule has 0 bridgehead atoms. The number of likely N-dealkylation sites (N-methyl/N-ethyl adjacent to an activating group) is 1. The molecule has 0 spiro atoms. The predicted molar refractivity (Wildman–Crippen MR) is 70.3 cm³/mol. The number of hydrogen-bond donors (Lipinski definition) is 0. The average molecular weight is 233 g/mol. The van der Waals surface area contributed by atoms with Crippen molar-refractivity contribution < 1.29 is 9.53 Å². The first-order valence-corrected chi connectivity index (χ1v) is 5.60. The summed E-state index contributed by atoms with van der Waals surface area (Å²) in [6.45, 7) is 6.34. The van der Waals surface area contributed by atoms with Gasteiger partial charge < -0.3 is 9.64 Å². The number of carbonyl (C=O) groups excluding carboxylic acids is 1. The molecule has 17 heavy (non-hydrogen) atoms. The Kier molecular flexibility index (Phi) is 4.76. The van der Waals surface area contributed by atoms with Crippen molar-refractivity contribution in [3.63, 3.8) is 0 Å². The molecule has 0 aliphatic heterocycles. The Labute approximate surface area is 103 Å². The number of ether oxygens (including phenoxy) is 1. The maximum atomic E-state index is 11.4. The van der Waals surface area contributed by atoms with Gasteiger partial charge in [-0.2, -0.15) is 0 Å². The van der Waals surface area contributed by atoms with Crippen molar-refractivity contribution in [2.45, 2.75) is 12.8 Å². The highest BCUT2D eigenvalue weighted by Crippen LogP contribution is 2.20. The van der Waals surface area contributed by atoms with Crippen LogP contribution in [0.15, 0.2) is 36.9 Å². The smallest absolute Gasteiger partial charge is 0.312 e. The van der Waals surface area contributed by atoms with Gasteiger partial charge in [-0.3, -0.25) is 4.79 Å². The fourth-order valence-corrected chi connectivity index (χ4v) is 1.63. The lowest BCUT2D eigenvalue weighted by atomic mass is 10.0. The van der Waals surface area contributed by atoms with Crippen LogP contribution in [0, 0.1) is 0 Å². The molecule has 0 aliphatic carbocycles.